The Hall–Kier alpha value is -3.45. The number of allylic oxidation sites excluding steroid dienone is 2. The number of carbonyl (C=O) groups is 2. The molecule has 1 saturated heterocycles. The van der Waals surface area contributed by atoms with E-state index in [1.165, 1.54) is 0 Å². The Kier molecular flexibility index (Phi) is 5.09. The van der Waals surface area contributed by atoms with Crippen molar-refractivity contribution in [3.63, 3.8) is 0 Å². The standard InChI is InChI=1S/C30H25BrN2O4/c1-36-24-14-17(13-23(31)27(24)37-16-19-7-4-6-18-5-2-3-8-20(18)19)15-32-33-28(34)25-21-9-10-22(26(25)29(33)35)30(21)11-12-30/h2-10,13-15,21-22,25-26H,11-12,16H2,1H3/b32-15-/t21-,22-,25-,26-/m1/s1. The van der Waals surface area contributed by atoms with E-state index in [9.17, 15) is 9.59 Å². The zero-order valence-corrected chi connectivity index (χ0v) is 21.9. The maximum absolute atomic E-state index is 13.2. The van der Waals surface area contributed by atoms with Crippen molar-refractivity contribution in [2.24, 2.45) is 34.2 Å². The van der Waals surface area contributed by atoms with Crippen LogP contribution in [0.1, 0.15) is 24.0 Å². The highest BCUT2D eigenvalue weighted by molar-refractivity contribution is 9.10. The van der Waals surface area contributed by atoms with E-state index in [2.05, 4.69) is 57.4 Å². The zero-order valence-electron chi connectivity index (χ0n) is 20.3. The van der Waals surface area contributed by atoms with Crippen LogP contribution in [-0.4, -0.2) is 30.1 Å². The van der Waals surface area contributed by atoms with Crippen molar-refractivity contribution < 1.29 is 19.1 Å². The number of halogens is 1. The van der Waals surface area contributed by atoms with Crippen LogP contribution in [0, 0.1) is 29.1 Å². The van der Waals surface area contributed by atoms with Gasteiger partial charge in [-0.1, -0.05) is 54.6 Å². The number of methoxy groups -OCH3 is 1. The van der Waals surface area contributed by atoms with Crippen molar-refractivity contribution in [2.45, 2.75) is 19.4 Å². The second kappa shape index (κ2) is 8.28. The SMILES string of the molecule is COc1cc(/C=N\N2C(=O)[C@H]3[C@H](C2=O)[C@H]2C=C[C@H]3C23CC3)cc(Br)c1OCc1cccc2ccccc12. The summed E-state index contributed by atoms with van der Waals surface area (Å²) in [7, 11) is 1.58. The molecule has 3 aromatic rings. The van der Waals surface area contributed by atoms with Gasteiger partial charge in [-0.15, -0.1) is 0 Å². The first-order chi connectivity index (χ1) is 18.0. The third kappa shape index (κ3) is 3.33. The van der Waals surface area contributed by atoms with Gasteiger partial charge in [0.25, 0.3) is 11.8 Å². The number of rotatable bonds is 6. The zero-order chi connectivity index (χ0) is 25.3. The normalized spacial score (nSPS) is 26.6. The molecule has 37 heavy (non-hydrogen) atoms. The molecule has 1 spiro atoms. The van der Waals surface area contributed by atoms with Crippen molar-refractivity contribution in [1.29, 1.82) is 0 Å². The molecule has 1 aliphatic heterocycles. The van der Waals surface area contributed by atoms with E-state index in [1.54, 1.807) is 19.4 Å². The molecule has 1 heterocycles. The summed E-state index contributed by atoms with van der Waals surface area (Å²) in [5.74, 6) is 0.628. The number of imide groups is 1. The lowest BCUT2D eigenvalue weighted by atomic mass is 9.85. The summed E-state index contributed by atoms with van der Waals surface area (Å²) in [5.41, 5.74) is 1.95. The maximum atomic E-state index is 13.2. The molecule has 2 bridgehead atoms. The van der Waals surface area contributed by atoms with Crippen LogP contribution in [0.4, 0.5) is 0 Å². The largest absolute Gasteiger partial charge is 0.493 e. The van der Waals surface area contributed by atoms with Gasteiger partial charge in [0.05, 0.1) is 29.6 Å². The highest BCUT2D eigenvalue weighted by Gasteiger charge is 2.73. The summed E-state index contributed by atoms with van der Waals surface area (Å²) in [6, 6.07) is 18.0. The van der Waals surface area contributed by atoms with Crippen LogP contribution in [0.5, 0.6) is 11.5 Å². The molecular weight excluding hydrogens is 532 g/mol. The van der Waals surface area contributed by atoms with Crippen LogP contribution in [0.2, 0.25) is 0 Å². The number of amides is 2. The highest BCUT2D eigenvalue weighted by atomic mass is 79.9. The van der Waals surface area contributed by atoms with Gasteiger partial charge in [-0.3, -0.25) is 9.59 Å². The topological polar surface area (TPSA) is 68.2 Å². The van der Waals surface area contributed by atoms with E-state index in [0.717, 1.165) is 34.2 Å². The number of carbonyl (C=O) groups excluding carboxylic acids is 2. The molecule has 3 aromatic carbocycles. The molecule has 4 aliphatic rings. The Bertz CT molecular complexity index is 1490. The van der Waals surface area contributed by atoms with E-state index in [4.69, 9.17) is 9.47 Å². The van der Waals surface area contributed by atoms with Crippen LogP contribution in [0.25, 0.3) is 10.8 Å². The quantitative estimate of drug-likeness (QED) is 0.221. The van der Waals surface area contributed by atoms with Gasteiger partial charge >= 0.3 is 0 Å². The number of hydrazone groups is 1. The van der Waals surface area contributed by atoms with Gasteiger partial charge in [-0.25, -0.2) is 0 Å². The van der Waals surface area contributed by atoms with Crippen LogP contribution < -0.4 is 9.47 Å². The van der Waals surface area contributed by atoms with Gasteiger partial charge in [0.2, 0.25) is 0 Å². The van der Waals surface area contributed by atoms with Gasteiger partial charge < -0.3 is 9.47 Å². The molecular formula is C30H25BrN2O4. The Balaban J connectivity index is 1.11. The Morgan fingerprint density at radius 2 is 1.73 bits per heavy atom. The smallest absolute Gasteiger partial charge is 0.254 e. The Morgan fingerprint density at radius 1 is 1.03 bits per heavy atom. The van der Waals surface area contributed by atoms with Crippen molar-refractivity contribution in [1.82, 2.24) is 5.01 Å². The number of ether oxygens (including phenoxy) is 2. The van der Waals surface area contributed by atoms with Crippen LogP contribution in [-0.2, 0) is 16.2 Å². The molecule has 2 saturated carbocycles. The number of fused-ring (bicyclic) bond motifs is 4. The predicted octanol–water partition coefficient (Wildman–Crippen LogP) is 5.72. The number of nitrogens with zero attached hydrogens (tertiary/aromatic N) is 2. The van der Waals surface area contributed by atoms with Crippen LogP contribution in [0.15, 0.2) is 76.3 Å². The average molecular weight is 557 g/mol. The fraction of sp³-hybridized carbons (Fsp3) is 0.300. The molecule has 7 heteroatoms. The first-order valence-corrected chi connectivity index (χ1v) is 13.4. The fourth-order valence-corrected chi connectivity index (χ4v) is 7.40. The van der Waals surface area contributed by atoms with E-state index in [1.807, 2.05) is 24.3 Å². The van der Waals surface area contributed by atoms with Crippen molar-refractivity contribution in [2.75, 3.05) is 7.11 Å². The second-order valence-electron chi connectivity index (χ2n) is 10.4. The Morgan fingerprint density at radius 3 is 2.43 bits per heavy atom. The summed E-state index contributed by atoms with van der Waals surface area (Å²) < 4.78 is 12.5. The minimum Gasteiger partial charge on any atom is -0.493 e. The number of hydrogen-bond acceptors (Lipinski definition) is 5. The number of hydrogen-bond donors (Lipinski definition) is 0. The molecule has 6 nitrogen and oxygen atoms in total. The summed E-state index contributed by atoms with van der Waals surface area (Å²) in [6.07, 6.45) is 8.11. The monoisotopic (exact) mass is 556 g/mol. The van der Waals surface area contributed by atoms with Crippen molar-refractivity contribution in [3.8, 4) is 11.5 Å². The van der Waals surface area contributed by atoms with Crippen LogP contribution >= 0.6 is 15.9 Å². The van der Waals surface area contributed by atoms with E-state index >= 15 is 0 Å². The summed E-state index contributed by atoms with van der Waals surface area (Å²) >= 11 is 3.60. The third-order valence-electron chi connectivity index (χ3n) is 8.66. The van der Waals surface area contributed by atoms with E-state index in [0.29, 0.717) is 28.1 Å². The van der Waals surface area contributed by atoms with Gasteiger partial charge in [0.15, 0.2) is 11.5 Å². The summed E-state index contributed by atoms with van der Waals surface area (Å²) in [6.45, 7) is 0.376. The molecule has 0 N–H and O–H groups in total. The van der Waals surface area contributed by atoms with Gasteiger partial charge in [0.1, 0.15) is 6.61 Å². The average Bonchev–Trinajstić information content (AvgIpc) is 3.51. The lowest BCUT2D eigenvalue weighted by Crippen LogP contribution is -2.30. The first kappa shape index (κ1) is 22.7. The van der Waals surface area contributed by atoms with Gasteiger partial charge in [0, 0.05) is 0 Å². The fourth-order valence-electron chi connectivity index (χ4n) is 6.82. The molecule has 7 rings (SSSR count). The molecule has 3 fully saturated rings. The van der Waals surface area contributed by atoms with E-state index in [-0.39, 0.29) is 40.9 Å². The second-order valence-corrected chi connectivity index (χ2v) is 11.3. The molecule has 0 aromatic heterocycles. The van der Waals surface area contributed by atoms with Gasteiger partial charge in [-0.2, -0.15) is 10.1 Å². The molecule has 0 radical (unpaired) electrons. The first-order valence-electron chi connectivity index (χ1n) is 12.6. The molecule has 3 aliphatic carbocycles. The maximum Gasteiger partial charge on any atom is 0.254 e. The van der Waals surface area contributed by atoms with Gasteiger partial charge in [-0.05, 0) is 80.1 Å². The van der Waals surface area contributed by atoms with E-state index < -0.39 is 0 Å². The Labute approximate surface area is 223 Å². The lowest BCUT2D eigenvalue weighted by molar-refractivity contribution is -0.141. The third-order valence-corrected chi connectivity index (χ3v) is 9.24. The number of benzene rings is 3. The molecule has 0 unspecified atom stereocenters. The highest BCUT2D eigenvalue weighted by Crippen LogP contribution is 2.73. The van der Waals surface area contributed by atoms with Crippen molar-refractivity contribution in [3.05, 3.63) is 82.3 Å². The molecule has 4 atom stereocenters. The molecule has 2 amide bonds. The van der Waals surface area contributed by atoms with Crippen molar-refractivity contribution >= 4 is 44.7 Å². The lowest BCUT2D eigenvalue weighted by Gasteiger charge is -2.18. The summed E-state index contributed by atoms with van der Waals surface area (Å²) in [4.78, 5) is 26.4. The van der Waals surface area contributed by atoms with Crippen LogP contribution in [0.3, 0.4) is 0 Å². The minimum atomic E-state index is -0.256. The molecule has 186 valence electrons. The predicted molar refractivity (Wildman–Crippen MR) is 143 cm³/mol. The minimum absolute atomic E-state index is 0.171. The summed E-state index contributed by atoms with van der Waals surface area (Å²) in [5, 5.41) is 7.73.